The first-order valence-corrected chi connectivity index (χ1v) is 30.2. The molecule has 4 aromatic carbocycles. The Morgan fingerprint density at radius 2 is 1.45 bits per heavy atom. The van der Waals surface area contributed by atoms with Crippen molar-refractivity contribution in [2.45, 2.75) is 116 Å². The van der Waals surface area contributed by atoms with Gasteiger partial charge in [0, 0.05) is 94.0 Å². The van der Waals surface area contributed by atoms with Crippen molar-refractivity contribution in [2.75, 3.05) is 32.8 Å². The fourth-order valence-electron chi connectivity index (χ4n) is 11.4. The zero-order chi connectivity index (χ0) is 62.9. The number of fused-ring (bicyclic) bond motifs is 2. The van der Waals surface area contributed by atoms with Gasteiger partial charge in [-0.25, -0.2) is 9.78 Å². The van der Waals surface area contributed by atoms with Crippen molar-refractivity contribution in [1.29, 1.82) is 0 Å². The van der Waals surface area contributed by atoms with E-state index in [1.54, 1.807) is 49.7 Å². The van der Waals surface area contributed by atoms with Crippen LogP contribution in [0.5, 0.6) is 0 Å². The van der Waals surface area contributed by atoms with Gasteiger partial charge in [0.25, 0.3) is 5.56 Å². The van der Waals surface area contributed by atoms with Crippen LogP contribution in [0, 0.1) is 17.8 Å². The summed E-state index contributed by atoms with van der Waals surface area (Å²) in [6.45, 7) is 6.38. The summed E-state index contributed by atoms with van der Waals surface area (Å²) in [4.78, 5) is 137. The SMILES string of the molecule is CCC(=O)[C@H](Cc1ccccc1)NC(=O)[C@H](CO)CC(=O)[C@@H](NC(=O)[C@H](CCCN=C(N)N)CC(=O)CNC(=O)CCC(=O)Cc1ccc2[nH]c(=O)n(C3CCN(Cc4ccc(-c5nc6cc[nH]c(=O)c6cc5-c5ccccc5)cc4)CC3)c2c1)C(C)C. The second-order valence-corrected chi connectivity index (χ2v) is 23.1. The number of guanidine groups is 1. The molecule has 3 amide bonds. The molecule has 1 saturated heterocycles. The third-order valence-electron chi connectivity index (χ3n) is 16.2. The number of hydrogen-bond acceptors (Lipinski definition) is 13. The van der Waals surface area contributed by atoms with Crippen molar-refractivity contribution in [3.63, 3.8) is 0 Å². The molecule has 88 heavy (non-hydrogen) atoms. The van der Waals surface area contributed by atoms with Crippen LogP contribution in [0.3, 0.4) is 0 Å². The Kier molecular flexibility index (Phi) is 22.8. The smallest absolute Gasteiger partial charge is 0.326 e. The van der Waals surface area contributed by atoms with E-state index in [1.165, 1.54) is 0 Å². The van der Waals surface area contributed by atoms with Crippen molar-refractivity contribution >= 4 is 68.8 Å². The van der Waals surface area contributed by atoms with Crippen LogP contribution in [0.2, 0.25) is 0 Å². The first kappa shape index (κ1) is 64.8. The van der Waals surface area contributed by atoms with Gasteiger partial charge in [-0.2, -0.15) is 0 Å². The van der Waals surface area contributed by atoms with Crippen LogP contribution in [0.1, 0.15) is 101 Å². The van der Waals surface area contributed by atoms with Gasteiger partial charge in [0.1, 0.15) is 5.78 Å². The summed E-state index contributed by atoms with van der Waals surface area (Å²) in [6.07, 6.45) is 2.87. The van der Waals surface area contributed by atoms with Gasteiger partial charge in [0.05, 0.1) is 58.8 Å². The number of nitrogens with one attached hydrogen (secondary N) is 5. The number of Topliss-reactive ketones (excluding diaryl/α,β-unsaturated/α-hetero) is 4. The van der Waals surface area contributed by atoms with Gasteiger partial charge in [0.15, 0.2) is 23.3 Å². The maximum atomic E-state index is 13.9. The summed E-state index contributed by atoms with van der Waals surface area (Å²) in [5.74, 6) is -6.06. The summed E-state index contributed by atoms with van der Waals surface area (Å²) in [5, 5.41) is 18.8. The zero-order valence-electron chi connectivity index (χ0n) is 50.1. The van der Waals surface area contributed by atoms with Crippen LogP contribution in [0.15, 0.2) is 136 Å². The fraction of sp³-hybridized carbons (Fsp3) is 0.388. The standard InChI is InChI=1S/C67H79N11O10/c1-4-58(82)56(33-42-12-7-5-8-13-42)74-64(86)48(40-79)36-59(83)61(41(2)3)76-63(85)47(16-11-28-71-66(68)69)35-51(81)38-72-60(84)24-22-50(80)32-44-19-23-55-57(34-44)78(67(88)75-55)49-26-30-77(31-27-49)39-43-17-20-46(21-18-43)62-52(45-14-9-6-10-15-45)37-53-54(73-62)25-29-70-65(53)87/h5-10,12-15,17-21,23,25,29,34,37,41,47-49,56,61,79H,4,11,16,22,24,26-28,30-33,35-36,38-40H2,1-3H3,(H,70,87)(H,72,84)(H,74,86)(H,75,88)(H,76,85)(H4,68,69,71)/t47-,48+,56+,61+/m1/s1. The molecule has 21 heteroatoms. The molecule has 3 aromatic heterocycles. The Morgan fingerprint density at radius 3 is 2.14 bits per heavy atom. The summed E-state index contributed by atoms with van der Waals surface area (Å²) in [7, 11) is 0. The number of amides is 3. The van der Waals surface area contributed by atoms with Crippen molar-refractivity contribution < 1.29 is 38.7 Å². The van der Waals surface area contributed by atoms with Gasteiger partial charge in [0.2, 0.25) is 17.7 Å². The van der Waals surface area contributed by atoms with Gasteiger partial charge >= 0.3 is 5.69 Å². The average Bonchev–Trinajstić information content (AvgIpc) is 1.54. The van der Waals surface area contributed by atoms with Crippen molar-refractivity contribution in [2.24, 2.45) is 34.2 Å². The molecule has 21 nitrogen and oxygen atoms in total. The number of aromatic nitrogens is 4. The highest BCUT2D eigenvalue weighted by atomic mass is 16.3. The molecule has 0 saturated carbocycles. The van der Waals surface area contributed by atoms with Crippen LogP contribution >= 0.6 is 0 Å². The van der Waals surface area contributed by atoms with E-state index in [4.69, 9.17) is 16.5 Å². The number of aliphatic hydroxyl groups excluding tert-OH is 1. The molecule has 7 aromatic rings. The van der Waals surface area contributed by atoms with E-state index in [2.05, 4.69) is 60.1 Å². The molecule has 0 bridgehead atoms. The number of ketones is 4. The molecule has 1 fully saturated rings. The summed E-state index contributed by atoms with van der Waals surface area (Å²) in [6, 6.07) is 34.4. The molecule has 1 aliphatic heterocycles. The fourth-order valence-corrected chi connectivity index (χ4v) is 11.4. The van der Waals surface area contributed by atoms with Gasteiger partial charge in [-0.15, -0.1) is 0 Å². The Bertz CT molecular complexity index is 3750. The molecule has 10 N–H and O–H groups in total. The lowest BCUT2D eigenvalue weighted by Crippen LogP contribution is -2.50. The summed E-state index contributed by atoms with van der Waals surface area (Å²) in [5.41, 5.74) is 18.7. The first-order chi connectivity index (χ1) is 42.4. The molecular weight excluding hydrogens is 1120 g/mol. The molecule has 462 valence electrons. The van der Waals surface area contributed by atoms with Crippen LogP contribution in [-0.2, 0) is 52.9 Å². The van der Waals surface area contributed by atoms with Crippen molar-refractivity contribution in [3.8, 4) is 22.4 Å². The minimum Gasteiger partial charge on any atom is -0.396 e. The number of pyridine rings is 2. The van der Waals surface area contributed by atoms with Crippen LogP contribution in [-0.4, -0.2) is 121 Å². The zero-order valence-corrected chi connectivity index (χ0v) is 50.1. The first-order valence-electron chi connectivity index (χ1n) is 30.2. The predicted octanol–water partition coefficient (Wildman–Crippen LogP) is 5.79. The van der Waals surface area contributed by atoms with E-state index < -0.39 is 78.7 Å². The lowest BCUT2D eigenvalue weighted by Gasteiger charge is -2.32. The number of likely N-dealkylation sites (tertiary alicyclic amines) is 1. The number of rotatable bonds is 31. The second-order valence-electron chi connectivity index (χ2n) is 23.1. The monoisotopic (exact) mass is 1200 g/mol. The number of imidazole rings is 1. The van der Waals surface area contributed by atoms with Gasteiger partial charge in [-0.3, -0.25) is 52.8 Å². The number of nitrogens with two attached hydrogens (primary N) is 2. The maximum absolute atomic E-state index is 13.9. The van der Waals surface area contributed by atoms with E-state index in [0.29, 0.717) is 33.9 Å². The average molecular weight is 1200 g/mol. The molecule has 0 unspecified atom stereocenters. The number of piperidine rings is 1. The predicted molar refractivity (Wildman–Crippen MR) is 338 cm³/mol. The Morgan fingerprint density at radius 1 is 0.761 bits per heavy atom. The van der Waals surface area contributed by atoms with E-state index in [9.17, 15) is 48.3 Å². The minimum atomic E-state index is -1.21. The van der Waals surface area contributed by atoms with E-state index in [-0.39, 0.29) is 86.3 Å². The highest BCUT2D eigenvalue weighted by molar-refractivity contribution is 5.97. The second kappa shape index (κ2) is 30.9. The number of carbonyl (C=O) groups excluding carboxylic acids is 7. The van der Waals surface area contributed by atoms with Crippen LogP contribution < -0.4 is 38.7 Å². The molecule has 4 heterocycles. The van der Waals surface area contributed by atoms with E-state index in [1.807, 2.05) is 72.8 Å². The van der Waals surface area contributed by atoms with Gasteiger partial charge < -0.3 is 42.5 Å². The van der Waals surface area contributed by atoms with E-state index >= 15 is 0 Å². The van der Waals surface area contributed by atoms with Gasteiger partial charge in [-0.05, 0) is 84.5 Å². The van der Waals surface area contributed by atoms with Gasteiger partial charge in [-0.1, -0.05) is 112 Å². The lowest BCUT2D eigenvalue weighted by atomic mass is 9.90. The largest absolute Gasteiger partial charge is 0.396 e. The number of aliphatic imine (C=N–C) groups is 1. The molecule has 8 rings (SSSR count). The number of benzene rings is 4. The minimum absolute atomic E-state index is 0.0165. The third kappa shape index (κ3) is 17.5. The molecule has 0 radical (unpaired) electrons. The lowest BCUT2D eigenvalue weighted by molar-refractivity contribution is -0.136. The van der Waals surface area contributed by atoms with Crippen LogP contribution in [0.4, 0.5) is 0 Å². The Hall–Kier alpha value is -9.21. The topological polar surface area (TPSA) is 327 Å². The number of hydrogen-bond donors (Lipinski definition) is 8. The summed E-state index contributed by atoms with van der Waals surface area (Å²) >= 11 is 0. The number of aliphatic hydroxyl groups is 1. The highest BCUT2D eigenvalue weighted by Crippen LogP contribution is 2.34. The molecule has 0 spiro atoms. The summed E-state index contributed by atoms with van der Waals surface area (Å²) < 4.78 is 1.79. The third-order valence-corrected chi connectivity index (χ3v) is 16.2. The molecule has 1 aliphatic rings. The van der Waals surface area contributed by atoms with E-state index in [0.717, 1.165) is 66.0 Å². The molecular formula is C67H79N11O10. The number of nitrogens with zero attached hydrogens (tertiary/aromatic N) is 4. The maximum Gasteiger partial charge on any atom is 0.326 e. The van der Waals surface area contributed by atoms with Crippen LogP contribution in [0.25, 0.3) is 44.3 Å². The quantitative estimate of drug-likeness (QED) is 0.0145. The molecule has 4 atom stereocenters. The van der Waals surface area contributed by atoms with Crippen molar-refractivity contribution in [3.05, 3.63) is 159 Å². The number of H-pyrrole nitrogens is 2. The molecule has 0 aliphatic carbocycles. The highest BCUT2D eigenvalue weighted by Gasteiger charge is 2.33. The Balaban J connectivity index is 0.808. The number of aromatic amines is 2. The number of carbonyl (C=O) groups is 7. The Labute approximate surface area is 510 Å². The normalized spacial score (nSPS) is 14.2. The van der Waals surface area contributed by atoms with Crippen molar-refractivity contribution in [1.82, 2.24) is 40.4 Å².